The third-order valence-corrected chi connectivity index (χ3v) is 2.63. The molecule has 3 aromatic rings. The van der Waals surface area contributed by atoms with Crippen LogP contribution in [0.15, 0.2) is 36.7 Å². The molecule has 0 amide bonds. The molecule has 0 unspecified atom stereocenters. The van der Waals surface area contributed by atoms with Crippen LogP contribution in [-0.4, -0.2) is 31.7 Å². The van der Waals surface area contributed by atoms with Crippen LogP contribution in [0.4, 0.5) is 5.95 Å². The molecule has 1 N–H and O–H groups in total. The first kappa shape index (κ1) is 11.4. The molecule has 96 valence electrons. The third kappa shape index (κ3) is 2.30. The maximum atomic E-state index is 5.04. The smallest absolute Gasteiger partial charge is 0.226 e. The van der Waals surface area contributed by atoms with Crippen molar-refractivity contribution in [2.45, 2.75) is 6.54 Å². The van der Waals surface area contributed by atoms with Gasteiger partial charge in [0.05, 0.1) is 13.7 Å². The van der Waals surface area contributed by atoms with Crippen molar-refractivity contribution >= 4 is 11.6 Å². The Hall–Kier alpha value is -2.70. The number of fused-ring (bicyclic) bond motifs is 1. The maximum Gasteiger partial charge on any atom is 0.226 e. The van der Waals surface area contributed by atoms with Gasteiger partial charge in [-0.3, -0.25) is 4.40 Å². The molecule has 7 heteroatoms. The Balaban J connectivity index is 1.78. The van der Waals surface area contributed by atoms with Gasteiger partial charge in [-0.15, -0.1) is 10.2 Å². The number of aromatic nitrogens is 5. The number of ether oxygens (including phenoxy) is 1. The Morgan fingerprint density at radius 1 is 1.26 bits per heavy atom. The van der Waals surface area contributed by atoms with Gasteiger partial charge in [0.2, 0.25) is 11.8 Å². The molecule has 0 aliphatic heterocycles. The Morgan fingerprint density at radius 2 is 2.21 bits per heavy atom. The Morgan fingerprint density at radius 3 is 3.11 bits per heavy atom. The van der Waals surface area contributed by atoms with E-state index in [9.17, 15) is 0 Å². The second-order valence-corrected chi connectivity index (χ2v) is 3.82. The number of hydrogen-bond acceptors (Lipinski definition) is 6. The van der Waals surface area contributed by atoms with Crippen LogP contribution >= 0.6 is 0 Å². The molecule has 0 atom stereocenters. The van der Waals surface area contributed by atoms with Crippen LogP contribution in [0.5, 0.6) is 5.88 Å². The quantitative estimate of drug-likeness (QED) is 0.754. The van der Waals surface area contributed by atoms with Gasteiger partial charge in [0, 0.05) is 18.5 Å². The van der Waals surface area contributed by atoms with Crippen molar-refractivity contribution in [3.63, 3.8) is 0 Å². The number of pyridine rings is 1. The van der Waals surface area contributed by atoms with Crippen molar-refractivity contribution in [2.24, 2.45) is 0 Å². The van der Waals surface area contributed by atoms with Crippen molar-refractivity contribution in [1.82, 2.24) is 24.6 Å². The van der Waals surface area contributed by atoms with E-state index in [1.165, 1.54) is 0 Å². The lowest BCUT2D eigenvalue weighted by Gasteiger charge is -2.04. The standard InChI is InChI=1S/C12H12N6O/c1-19-11-5-6-13-12(15-11)14-8-10-17-16-9-4-2-3-7-18(9)10/h2-7H,8H2,1H3,(H,13,14,15). The molecule has 0 aliphatic carbocycles. The lowest BCUT2D eigenvalue weighted by Crippen LogP contribution is -2.07. The van der Waals surface area contributed by atoms with E-state index in [-0.39, 0.29) is 0 Å². The second kappa shape index (κ2) is 4.89. The first-order valence-corrected chi connectivity index (χ1v) is 5.76. The van der Waals surface area contributed by atoms with E-state index in [1.54, 1.807) is 19.4 Å². The molecule has 0 aromatic carbocycles. The first-order valence-electron chi connectivity index (χ1n) is 5.76. The molecular weight excluding hydrogens is 244 g/mol. The zero-order valence-electron chi connectivity index (χ0n) is 10.3. The second-order valence-electron chi connectivity index (χ2n) is 3.82. The highest BCUT2D eigenvalue weighted by Gasteiger charge is 2.05. The molecular formula is C12H12N6O. The van der Waals surface area contributed by atoms with E-state index >= 15 is 0 Å². The van der Waals surface area contributed by atoms with Gasteiger partial charge in [0.25, 0.3) is 0 Å². The summed E-state index contributed by atoms with van der Waals surface area (Å²) in [4.78, 5) is 8.28. The lowest BCUT2D eigenvalue weighted by molar-refractivity contribution is 0.397. The Bertz CT molecular complexity index is 695. The SMILES string of the molecule is COc1ccnc(NCc2nnc3ccccn23)n1. The van der Waals surface area contributed by atoms with Crippen LogP contribution in [0.2, 0.25) is 0 Å². The van der Waals surface area contributed by atoms with Gasteiger partial charge in [-0.2, -0.15) is 4.98 Å². The molecule has 19 heavy (non-hydrogen) atoms. The van der Waals surface area contributed by atoms with Crippen LogP contribution in [0.3, 0.4) is 0 Å². The summed E-state index contributed by atoms with van der Waals surface area (Å²) < 4.78 is 6.95. The van der Waals surface area contributed by atoms with Gasteiger partial charge in [-0.25, -0.2) is 4.98 Å². The van der Waals surface area contributed by atoms with E-state index in [0.29, 0.717) is 18.4 Å². The van der Waals surface area contributed by atoms with Crippen molar-refractivity contribution in [3.8, 4) is 5.88 Å². The molecule has 3 heterocycles. The van der Waals surface area contributed by atoms with E-state index in [1.807, 2.05) is 28.8 Å². The predicted octanol–water partition coefficient (Wildman–Crippen LogP) is 1.14. The minimum Gasteiger partial charge on any atom is -0.481 e. The number of rotatable bonds is 4. The molecule has 0 aliphatic rings. The minimum absolute atomic E-state index is 0.484. The average Bonchev–Trinajstić information content (AvgIpc) is 2.89. The molecule has 3 rings (SSSR count). The zero-order valence-corrected chi connectivity index (χ0v) is 10.3. The average molecular weight is 256 g/mol. The molecule has 0 spiro atoms. The number of methoxy groups -OCH3 is 1. The maximum absolute atomic E-state index is 5.04. The largest absolute Gasteiger partial charge is 0.481 e. The Kier molecular flexibility index (Phi) is 2.93. The summed E-state index contributed by atoms with van der Waals surface area (Å²) in [6.07, 6.45) is 3.55. The lowest BCUT2D eigenvalue weighted by atomic mass is 10.4. The van der Waals surface area contributed by atoms with Gasteiger partial charge in [-0.05, 0) is 12.1 Å². The third-order valence-electron chi connectivity index (χ3n) is 2.63. The number of hydrogen-bond donors (Lipinski definition) is 1. The van der Waals surface area contributed by atoms with Crippen LogP contribution in [0.25, 0.3) is 5.65 Å². The molecule has 0 bridgehead atoms. The molecule has 7 nitrogen and oxygen atoms in total. The summed E-state index contributed by atoms with van der Waals surface area (Å²) in [6, 6.07) is 7.45. The van der Waals surface area contributed by atoms with Crippen LogP contribution in [-0.2, 0) is 6.54 Å². The first-order chi connectivity index (χ1) is 9.36. The highest BCUT2D eigenvalue weighted by atomic mass is 16.5. The zero-order chi connectivity index (χ0) is 13.1. The van der Waals surface area contributed by atoms with Gasteiger partial charge >= 0.3 is 0 Å². The molecule has 0 saturated heterocycles. The van der Waals surface area contributed by atoms with Crippen LogP contribution in [0, 0.1) is 0 Å². The summed E-state index contributed by atoms with van der Waals surface area (Å²) in [6.45, 7) is 0.484. The summed E-state index contributed by atoms with van der Waals surface area (Å²) in [5.74, 6) is 1.80. The van der Waals surface area contributed by atoms with Crippen LogP contribution in [0.1, 0.15) is 5.82 Å². The van der Waals surface area contributed by atoms with Gasteiger partial charge in [0.1, 0.15) is 0 Å². The Labute approximate surface area is 109 Å². The van der Waals surface area contributed by atoms with E-state index in [4.69, 9.17) is 4.74 Å². The molecule has 0 radical (unpaired) electrons. The topological polar surface area (TPSA) is 77.2 Å². The molecule has 0 fully saturated rings. The highest BCUT2D eigenvalue weighted by molar-refractivity contribution is 5.37. The van der Waals surface area contributed by atoms with Crippen LogP contribution < -0.4 is 10.1 Å². The predicted molar refractivity (Wildman–Crippen MR) is 68.9 cm³/mol. The fourth-order valence-electron chi connectivity index (χ4n) is 1.71. The van der Waals surface area contributed by atoms with Crippen molar-refractivity contribution in [1.29, 1.82) is 0 Å². The summed E-state index contributed by atoms with van der Waals surface area (Å²) in [5, 5.41) is 11.3. The minimum atomic E-state index is 0.484. The van der Waals surface area contributed by atoms with Gasteiger partial charge in [-0.1, -0.05) is 6.07 Å². The molecule has 0 saturated carbocycles. The highest BCUT2D eigenvalue weighted by Crippen LogP contribution is 2.09. The fourth-order valence-corrected chi connectivity index (χ4v) is 1.71. The summed E-state index contributed by atoms with van der Waals surface area (Å²) in [5.41, 5.74) is 0.811. The fraction of sp³-hybridized carbons (Fsp3) is 0.167. The van der Waals surface area contributed by atoms with E-state index in [2.05, 4.69) is 25.5 Å². The van der Waals surface area contributed by atoms with Crippen molar-refractivity contribution in [3.05, 3.63) is 42.5 Å². The van der Waals surface area contributed by atoms with Gasteiger partial charge in [0.15, 0.2) is 11.5 Å². The normalized spacial score (nSPS) is 10.6. The number of nitrogens with one attached hydrogen (secondary N) is 1. The van der Waals surface area contributed by atoms with E-state index < -0.39 is 0 Å². The summed E-state index contributed by atoms with van der Waals surface area (Å²) >= 11 is 0. The van der Waals surface area contributed by atoms with Crippen molar-refractivity contribution < 1.29 is 4.74 Å². The molecule has 3 aromatic heterocycles. The van der Waals surface area contributed by atoms with Gasteiger partial charge < -0.3 is 10.1 Å². The monoisotopic (exact) mass is 256 g/mol. The van der Waals surface area contributed by atoms with Crippen molar-refractivity contribution in [2.75, 3.05) is 12.4 Å². The number of anilines is 1. The van der Waals surface area contributed by atoms with E-state index in [0.717, 1.165) is 11.5 Å². The number of nitrogens with zero attached hydrogens (tertiary/aromatic N) is 5. The summed E-state index contributed by atoms with van der Waals surface area (Å²) in [7, 11) is 1.57.